The Morgan fingerprint density at radius 2 is 1.08 bits per heavy atom. The Bertz CT molecular complexity index is 1840. The second-order valence-electron chi connectivity index (χ2n) is 11.3. The maximum Gasteiger partial charge on any atom is 0.297 e. The summed E-state index contributed by atoms with van der Waals surface area (Å²) < 4.78 is 63.9. The van der Waals surface area contributed by atoms with Gasteiger partial charge in [0.15, 0.2) is 0 Å². The Morgan fingerprint density at radius 1 is 0.529 bits per heavy atom. The van der Waals surface area contributed by atoms with Crippen LogP contribution in [0.3, 0.4) is 0 Å². The van der Waals surface area contributed by atoms with E-state index in [9.17, 15) is 8.42 Å². The van der Waals surface area contributed by atoms with Crippen LogP contribution < -0.4 is 14.2 Å². The quantitative estimate of drug-likeness (QED) is 0.0547. The summed E-state index contributed by atoms with van der Waals surface area (Å²) in [6.45, 7) is 5.01. The maximum atomic E-state index is 12.2. The van der Waals surface area contributed by atoms with E-state index in [0.29, 0.717) is 70.4 Å². The number of aromatic nitrogens is 1. The first-order valence-electron chi connectivity index (χ1n) is 16.7. The second-order valence-corrected chi connectivity index (χ2v) is 13.0. The third-order valence-electron chi connectivity index (χ3n) is 7.46. The molecule has 0 saturated heterocycles. The summed E-state index contributed by atoms with van der Waals surface area (Å²) in [5, 5.41) is 0. The highest BCUT2D eigenvalue weighted by Gasteiger charge is 2.15. The van der Waals surface area contributed by atoms with Gasteiger partial charge in [-0.2, -0.15) is 13.4 Å². The molecule has 0 N–H and O–H groups in total. The van der Waals surface area contributed by atoms with E-state index < -0.39 is 10.1 Å². The zero-order chi connectivity index (χ0) is 35.6. The normalized spacial score (nSPS) is 11.3. The predicted molar refractivity (Wildman–Crippen MR) is 193 cm³/mol. The van der Waals surface area contributed by atoms with Crippen LogP contribution in [-0.2, 0) is 41.7 Å². The molecule has 0 spiro atoms. The summed E-state index contributed by atoms with van der Waals surface area (Å²) in [6.07, 6.45) is 0. The van der Waals surface area contributed by atoms with Crippen LogP contribution >= 0.6 is 0 Å². The summed E-state index contributed by atoms with van der Waals surface area (Å²) in [4.78, 5) is 4.83. The molecule has 0 bridgehead atoms. The average Bonchev–Trinajstić information content (AvgIpc) is 3.16. The number of nitrogens with zero attached hydrogens (tertiary/aromatic N) is 1. The molecule has 268 valence electrons. The Balaban J connectivity index is 0.977. The summed E-state index contributed by atoms with van der Waals surface area (Å²) in [6, 6.07) is 38.0. The van der Waals surface area contributed by atoms with Gasteiger partial charge >= 0.3 is 0 Å². The Morgan fingerprint density at radius 3 is 1.69 bits per heavy atom. The molecule has 10 nitrogen and oxygen atoms in total. The van der Waals surface area contributed by atoms with E-state index in [0.717, 1.165) is 27.8 Å². The molecule has 0 atom stereocenters. The molecule has 1 aromatic heterocycles. The van der Waals surface area contributed by atoms with E-state index >= 15 is 0 Å². The lowest BCUT2D eigenvalue weighted by atomic mass is 10.1. The van der Waals surface area contributed by atoms with Crippen molar-refractivity contribution in [2.75, 3.05) is 52.9 Å². The molecule has 5 rings (SSSR count). The molecule has 5 aromatic rings. The monoisotopic (exact) mass is 713 g/mol. The van der Waals surface area contributed by atoms with Gasteiger partial charge in [-0.05, 0) is 53.9 Å². The Labute approximate surface area is 300 Å². The lowest BCUT2D eigenvalue weighted by Crippen LogP contribution is -2.15. The van der Waals surface area contributed by atoms with Crippen molar-refractivity contribution in [2.24, 2.45) is 0 Å². The van der Waals surface area contributed by atoms with Crippen molar-refractivity contribution < 1.29 is 41.0 Å². The van der Waals surface area contributed by atoms with Gasteiger partial charge in [0.1, 0.15) is 25.6 Å². The van der Waals surface area contributed by atoms with Crippen molar-refractivity contribution >= 4 is 10.1 Å². The van der Waals surface area contributed by atoms with E-state index in [2.05, 4.69) is 0 Å². The first-order chi connectivity index (χ1) is 25.0. The number of rotatable bonds is 22. The van der Waals surface area contributed by atoms with Gasteiger partial charge in [-0.25, -0.2) is 0 Å². The van der Waals surface area contributed by atoms with Gasteiger partial charge < -0.3 is 28.4 Å². The minimum atomic E-state index is -3.79. The number of benzene rings is 4. The van der Waals surface area contributed by atoms with Gasteiger partial charge in [-0.15, -0.1) is 0 Å². The van der Waals surface area contributed by atoms with Crippen LogP contribution in [-0.4, -0.2) is 66.3 Å². The van der Waals surface area contributed by atoms with E-state index in [1.54, 1.807) is 12.1 Å². The Kier molecular flexibility index (Phi) is 14.8. The third kappa shape index (κ3) is 12.8. The average molecular weight is 714 g/mol. The lowest BCUT2D eigenvalue weighted by molar-refractivity contribution is 0.00528. The van der Waals surface area contributed by atoms with Crippen molar-refractivity contribution in [2.45, 2.75) is 25.0 Å². The summed E-state index contributed by atoms with van der Waals surface area (Å²) >= 11 is 0. The molecule has 0 fully saturated rings. The molecule has 1 heterocycles. The smallest absolute Gasteiger partial charge is 0.297 e. The summed E-state index contributed by atoms with van der Waals surface area (Å²) in [5.74, 6) is 1.69. The molecule has 0 aliphatic rings. The van der Waals surface area contributed by atoms with Gasteiger partial charge in [0.05, 0.1) is 51.1 Å². The summed E-state index contributed by atoms with van der Waals surface area (Å²) in [5.41, 5.74) is 4.85. The van der Waals surface area contributed by atoms with Gasteiger partial charge in [0, 0.05) is 11.6 Å². The van der Waals surface area contributed by atoms with Crippen LogP contribution in [0.5, 0.6) is 17.5 Å². The van der Waals surface area contributed by atoms with Gasteiger partial charge in [-0.3, -0.25) is 4.18 Å². The van der Waals surface area contributed by atoms with Crippen LogP contribution in [0.4, 0.5) is 0 Å². The molecule has 0 aliphatic carbocycles. The fourth-order valence-electron chi connectivity index (χ4n) is 4.76. The lowest BCUT2D eigenvalue weighted by Gasteiger charge is -2.14. The minimum Gasteiger partial charge on any atom is -0.491 e. The fourth-order valence-corrected chi connectivity index (χ4v) is 5.65. The van der Waals surface area contributed by atoms with Crippen molar-refractivity contribution in [3.63, 3.8) is 0 Å². The van der Waals surface area contributed by atoms with E-state index in [1.807, 2.05) is 104 Å². The minimum absolute atomic E-state index is 0.0679. The van der Waals surface area contributed by atoms with E-state index in [4.69, 9.17) is 37.6 Å². The molecule has 11 heteroatoms. The van der Waals surface area contributed by atoms with Crippen molar-refractivity contribution in [1.82, 2.24) is 4.98 Å². The van der Waals surface area contributed by atoms with Crippen molar-refractivity contribution in [1.29, 1.82) is 0 Å². The van der Waals surface area contributed by atoms with Crippen LogP contribution in [0.15, 0.2) is 126 Å². The van der Waals surface area contributed by atoms with Crippen LogP contribution in [0.2, 0.25) is 0 Å². The molecular weight excluding hydrogens is 671 g/mol. The molecule has 0 radical (unpaired) electrons. The molecule has 51 heavy (non-hydrogen) atoms. The molecule has 4 aromatic carbocycles. The predicted octanol–water partition coefficient (Wildman–Crippen LogP) is 7.05. The van der Waals surface area contributed by atoms with Gasteiger partial charge in [-0.1, -0.05) is 90.5 Å². The maximum absolute atomic E-state index is 12.2. The second kappa shape index (κ2) is 20.2. The highest BCUT2D eigenvalue weighted by atomic mass is 32.2. The largest absolute Gasteiger partial charge is 0.491 e. The van der Waals surface area contributed by atoms with Crippen LogP contribution in [0, 0.1) is 6.92 Å². The molecular formula is C40H43NO9S. The van der Waals surface area contributed by atoms with Crippen molar-refractivity contribution in [3.05, 3.63) is 138 Å². The number of ether oxygens (including phenoxy) is 6. The zero-order valence-corrected chi connectivity index (χ0v) is 29.5. The van der Waals surface area contributed by atoms with Crippen LogP contribution in [0.25, 0.3) is 11.1 Å². The number of hydrogen-bond donors (Lipinski definition) is 0. The fraction of sp³-hybridized carbons (Fsp3) is 0.275. The first-order valence-corrected chi connectivity index (χ1v) is 18.1. The zero-order valence-electron chi connectivity index (χ0n) is 28.6. The van der Waals surface area contributed by atoms with Crippen LogP contribution in [0.1, 0.15) is 16.7 Å². The molecule has 0 aliphatic heterocycles. The number of aryl methyl sites for hydroxylation is 1. The number of hydrogen-bond acceptors (Lipinski definition) is 10. The molecule has 0 unspecified atom stereocenters. The van der Waals surface area contributed by atoms with Gasteiger partial charge in [0.25, 0.3) is 10.1 Å². The summed E-state index contributed by atoms with van der Waals surface area (Å²) in [7, 11) is -3.79. The third-order valence-corrected chi connectivity index (χ3v) is 8.79. The highest BCUT2D eigenvalue weighted by Crippen LogP contribution is 2.32. The van der Waals surface area contributed by atoms with E-state index in [-0.39, 0.29) is 18.1 Å². The highest BCUT2D eigenvalue weighted by molar-refractivity contribution is 7.86. The van der Waals surface area contributed by atoms with Gasteiger partial charge in [0.2, 0.25) is 11.8 Å². The Hall–Kier alpha value is -4.78. The van der Waals surface area contributed by atoms with Crippen molar-refractivity contribution in [3.8, 4) is 28.6 Å². The standard InChI is InChI=1S/C40H43NO9S/c1-32-12-18-37(19-13-32)51(42,43)50-29-27-46-25-23-44-22-24-45-26-28-47-36-16-14-35(15-17-36)38-20-21-39(48-30-33-8-4-2-5-9-33)41-40(38)49-31-34-10-6-3-7-11-34/h2-21H,22-31H2,1H3. The van der Waals surface area contributed by atoms with E-state index in [1.165, 1.54) is 12.1 Å². The molecule has 0 saturated carbocycles. The SMILES string of the molecule is Cc1ccc(S(=O)(=O)OCCOCCOCCOCCOc2ccc(-c3ccc(OCc4ccccc4)nc3OCc3ccccc3)cc2)cc1. The topological polar surface area (TPSA) is 112 Å². The molecule has 0 amide bonds. The number of pyridine rings is 1. The first kappa shape index (κ1) is 37.5.